The van der Waals surface area contributed by atoms with Crippen molar-refractivity contribution in [1.29, 1.82) is 0 Å². The molecule has 10 nitrogen and oxygen atoms in total. The number of ether oxygens (including phenoxy) is 1. The van der Waals surface area contributed by atoms with Crippen molar-refractivity contribution in [2.24, 2.45) is 5.73 Å². The normalized spacial score (nSPS) is 14.2. The minimum Gasteiger partial charge on any atom is -0.445 e. The summed E-state index contributed by atoms with van der Waals surface area (Å²) >= 11 is 0. The molecule has 158 valence electrons. The molecule has 0 radical (unpaired) electrons. The third-order valence-corrected chi connectivity index (χ3v) is 5.18. The Hall–Kier alpha value is -3.92. The predicted octanol–water partition coefficient (Wildman–Crippen LogP) is 2.60. The predicted molar refractivity (Wildman–Crippen MR) is 115 cm³/mol. The molecular weight excluding hydrogens is 398 g/mol. The lowest BCUT2D eigenvalue weighted by molar-refractivity contribution is 0.0975. The largest absolute Gasteiger partial charge is 0.445 e. The van der Waals surface area contributed by atoms with Gasteiger partial charge in [-0.1, -0.05) is 30.3 Å². The number of furan rings is 1. The number of primary amides is 1. The summed E-state index contributed by atoms with van der Waals surface area (Å²) in [7, 11) is 0. The molecule has 1 fully saturated rings. The van der Waals surface area contributed by atoms with E-state index in [0.29, 0.717) is 60.6 Å². The molecule has 0 bridgehead atoms. The number of anilines is 3. The SMILES string of the molecule is Cc1c(C(N)=O)oc2c(N3CCOCC3)nc(Nc3cc(-c4ccccc4)[nH]n3)nc12. The van der Waals surface area contributed by atoms with E-state index in [0.717, 1.165) is 11.3 Å². The molecule has 1 saturated heterocycles. The number of rotatable bonds is 5. The van der Waals surface area contributed by atoms with Crippen LogP contribution in [0.15, 0.2) is 40.8 Å². The van der Waals surface area contributed by atoms with E-state index in [1.807, 2.05) is 41.3 Å². The third kappa shape index (κ3) is 3.57. The Kier molecular flexibility index (Phi) is 4.75. The Balaban J connectivity index is 1.55. The highest BCUT2D eigenvalue weighted by molar-refractivity contribution is 5.99. The van der Waals surface area contributed by atoms with Gasteiger partial charge in [0, 0.05) is 24.7 Å². The quantitative estimate of drug-likeness (QED) is 0.449. The molecule has 0 aliphatic carbocycles. The van der Waals surface area contributed by atoms with Gasteiger partial charge in [0.05, 0.1) is 18.9 Å². The first-order valence-electron chi connectivity index (χ1n) is 9.91. The first-order valence-corrected chi connectivity index (χ1v) is 9.91. The second kappa shape index (κ2) is 7.73. The van der Waals surface area contributed by atoms with E-state index in [1.165, 1.54) is 0 Å². The Morgan fingerprint density at radius 2 is 1.97 bits per heavy atom. The summed E-state index contributed by atoms with van der Waals surface area (Å²) in [6, 6.07) is 11.8. The Morgan fingerprint density at radius 3 is 2.71 bits per heavy atom. The molecule has 1 amide bonds. The van der Waals surface area contributed by atoms with Crippen molar-refractivity contribution in [1.82, 2.24) is 20.2 Å². The third-order valence-electron chi connectivity index (χ3n) is 5.18. The number of nitrogens with two attached hydrogens (primary N) is 1. The monoisotopic (exact) mass is 419 g/mol. The molecule has 4 N–H and O–H groups in total. The van der Waals surface area contributed by atoms with Crippen molar-refractivity contribution in [2.75, 3.05) is 36.5 Å². The number of morpholine rings is 1. The average molecular weight is 419 g/mol. The number of aromatic amines is 1. The second-order valence-electron chi connectivity index (χ2n) is 7.23. The van der Waals surface area contributed by atoms with Crippen molar-refractivity contribution in [3.8, 4) is 11.3 Å². The topological polar surface area (TPSA) is 135 Å². The molecule has 0 atom stereocenters. The van der Waals surface area contributed by atoms with Gasteiger partial charge in [-0.05, 0) is 12.5 Å². The van der Waals surface area contributed by atoms with E-state index in [-0.39, 0.29) is 5.76 Å². The number of amides is 1. The molecule has 3 aromatic heterocycles. The summed E-state index contributed by atoms with van der Waals surface area (Å²) in [6.07, 6.45) is 0. The van der Waals surface area contributed by atoms with Gasteiger partial charge in [0.2, 0.25) is 5.95 Å². The molecule has 0 saturated carbocycles. The molecule has 0 spiro atoms. The lowest BCUT2D eigenvalue weighted by atomic mass is 10.2. The van der Waals surface area contributed by atoms with Gasteiger partial charge in [-0.25, -0.2) is 4.98 Å². The smallest absolute Gasteiger partial charge is 0.284 e. The zero-order valence-corrected chi connectivity index (χ0v) is 16.9. The molecule has 1 aliphatic rings. The minimum atomic E-state index is -0.641. The Bertz CT molecular complexity index is 1240. The number of aryl methyl sites for hydroxylation is 1. The first-order chi connectivity index (χ1) is 15.1. The van der Waals surface area contributed by atoms with Crippen LogP contribution in [0.4, 0.5) is 17.6 Å². The summed E-state index contributed by atoms with van der Waals surface area (Å²) in [5.41, 5.74) is 8.92. The number of benzene rings is 1. The molecule has 1 aromatic carbocycles. The van der Waals surface area contributed by atoms with E-state index < -0.39 is 5.91 Å². The van der Waals surface area contributed by atoms with Crippen LogP contribution in [0.1, 0.15) is 16.1 Å². The summed E-state index contributed by atoms with van der Waals surface area (Å²) in [5.74, 6) is 0.951. The highest BCUT2D eigenvalue weighted by Crippen LogP contribution is 2.33. The van der Waals surface area contributed by atoms with Gasteiger partial charge >= 0.3 is 0 Å². The van der Waals surface area contributed by atoms with Crippen molar-refractivity contribution in [3.05, 3.63) is 47.7 Å². The number of nitrogens with one attached hydrogen (secondary N) is 2. The molecule has 5 rings (SSSR count). The number of H-pyrrole nitrogens is 1. The van der Waals surface area contributed by atoms with Crippen LogP contribution < -0.4 is 16.0 Å². The number of nitrogens with zero attached hydrogens (tertiary/aromatic N) is 4. The van der Waals surface area contributed by atoms with Crippen molar-refractivity contribution in [2.45, 2.75) is 6.92 Å². The molecule has 10 heteroatoms. The maximum atomic E-state index is 11.8. The van der Waals surface area contributed by atoms with Gasteiger partial charge in [-0.2, -0.15) is 10.1 Å². The molecule has 31 heavy (non-hydrogen) atoms. The summed E-state index contributed by atoms with van der Waals surface area (Å²) in [6.45, 7) is 4.22. The fourth-order valence-electron chi connectivity index (χ4n) is 3.62. The van der Waals surface area contributed by atoms with Crippen molar-refractivity contribution in [3.63, 3.8) is 0 Å². The highest BCUT2D eigenvalue weighted by Gasteiger charge is 2.25. The molecule has 1 aliphatic heterocycles. The number of hydrogen-bond acceptors (Lipinski definition) is 8. The van der Waals surface area contributed by atoms with Crippen LogP contribution in [0.5, 0.6) is 0 Å². The van der Waals surface area contributed by atoms with Crippen LogP contribution in [-0.2, 0) is 4.74 Å². The summed E-state index contributed by atoms with van der Waals surface area (Å²) < 4.78 is 11.2. The second-order valence-corrected chi connectivity index (χ2v) is 7.23. The summed E-state index contributed by atoms with van der Waals surface area (Å²) in [4.78, 5) is 23.1. The van der Waals surface area contributed by atoms with Gasteiger partial charge in [0.15, 0.2) is 23.0 Å². The van der Waals surface area contributed by atoms with E-state index in [4.69, 9.17) is 14.9 Å². The van der Waals surface area contributed by atoms with Crippen LogP contribution in [0, 0.1) is 6.92 Å². The Morgan fingerprint density at radius 1 is 1.19 bits per heavy atom. The van der Waals surface area contributed by atoms with E-state index in [2.05, 4.69) is 25.5 Å². The van der Waals surface area contributed by atoms with E-state index in [9.17, 15) is 4.79 Å². The standard InChI is InChI=1S/C21H21N7O3/c1-12-16-18(31-17(12)19(22)29)20(28-7-9-30-10-8-28)25-21(24-16)23-15-11-14(26-27-15)13-5-3-2-4-6-13/h2-6,11H,7-10H2,1H3,(H2,22,29)(H2,23,24,25,26,27). The van der Waals surface area contributed by atoms with Gasteiger partial charge in [0.25, 0.3) is 5.91 Å². The number of carbonyl (C=O) groups excluding carboxylic acids is 1. The number of fused-ring (bicyclic) bond motifs is 1. The van der Waals surface area contributed by atoms with Gasteiger partial charge in [0.1, 0.15) is 5.52 Å². The molecular formula is C21H21N7O3. The fourth-order valence-corrected chi connectivity index (χ4v) is 3.62. The number of carbonyl (C=O) groups is 1. The van der Waals surface area contributed by atoms with Gasteiger partial charge in [-0.3, -0.25) is 9.89 Å². The molecule has 0 unspecified atom stereocenters. The Labute approximate surface area is 177 Å². The zero-order valence-electron chi connectivity index (χ0n) is 16.9. The molecule has 4 heterocycles. The maximum absolute atomic E-state index is 11.8. The number of hydrogen-bond donors (Lipinski definition) is 3. The highest BCUT2D eigenvalue weighted by atomic mass is 16.5. The van der Waals surface area contributed by atoms with E-state index >= 15 is 0 Å². The lowest BCUT2D eigenvalue weighted by Crippen LogP contribution is -2.37. The molecule has 4 aromatic rings. The van der Waals surface area contributed by atoms with Gasteiger partial charge < -0.3 is 25.1 Å². The average Bonchev–Trinajstić information content (AvgIpc) is 3.39. The lowest BCUT2D eigenvalue weighted by Gasteiger charge is -2.27. The van der Waals surface area contributed by atoms with Crippen molar-refractivity contribution >= 4 is 34.6 Å². The van der Waals surface area contributed by atoms with Crippen LogP contribution in [0.25, 0.3) is 22.4 Å². The van der Waals surface area contributed by atoms with Gasteiger partial charge in [-0.15, -0.1) is 0 Å². The number of aromatic nitrogens is 4. The van der Waals surface area contributed by atoms with Crippen LogP contribution >= 0.6 is 0 Å². The summed E-state index contributed by atoms with van der Waals surface area (Å²) in [5, 5.41) is 10.5. The minimum absolute atomic E-state index is 0.0853. The van der Waals surface area contributed by atoms with E-state index in [1.54, 1.807) is 6.92 Å². The maximum Gasteiger partial charge on any atom is 0.284 e. The van der Waals surface area contributed by atoms with Crippen LogP contribution in [-0.4, -0.2) is 52.4 Å². The van der Waals surface area contributed by atoms with Crippen molar-refractivity contribution < 1.29 is 13.9 Å². The van der Waals surface area contributed by atoms with Crippen LogP contribution in [0.2, 0.25) is 0 Å². The fraction of sp³-hybridized carbons (Fsp3) is 0.238. The van der Waals surface area contributed by atoms with Crippen LogP contribution in [0.3, 0.4) is 0 Å². The zero-order chi connectivity index (χ0) is 21.4. The first kappa shape index (κ1) is 19.1.